The molecule has 4 nitrogen and oxygen atoms in total. The molecule has 0 atom stereocenters. The summed E-state index contributed by atoms with van der Waals surface area (Å²) in [7, 11) is 0. The lowest BCUT2D eigenvalue weighted by Gasteiger charge is -2.06. The lowest BCUT2D eigenvalue weighted by Crippen LogP contribution is -2.04. The molecule has 0 saturated heterocycles. The van der Waals surface area contributed by atoms with Crippen molar-refractivity contribution in [1.29, 1.82) is 5.26 Å². The van der Waals surface area contributed by atoms with E-state index in [0.717, 1.165) is 27.8 Å². The van der Waals surface area contributed by atoms with Crippen LogP contribution >= 0.6 is 11.3 Å². The van der Waals surface area contributed by atoms with E-state index in [1.807, 2.05) is 42.0 Å². The fourth-order valence-electron chi connectivity index (χ4n) is 2.65. The molecule has 0 saturated carbocycles. The first-order valence-corrected chi connectivity index (χ1v) is 7.41. The van der Waals surface area contributed by atoms with E-state index in [2.05, 4.69) is 11.1 Å². The molecule has 21 heavy (non-hydrogen) atoms. The number of hydrogen-bond acceptors (Lipinski definition) is 4. The van der Waals surface area contributed by atoms with E-state index in [1.54, 1.807) is 11.3 Å². The first-order chi connectivity index (χ1) is 10.2. The minimum atomic E-state index is 0.405. The maximum Gasteiger partial charge on any atom is 0.167 e. The van der Waals surface area contributed by atoms with Crippen LogP contribution in [0.2, 0.25) is 0 Å². The zero-order chi connectivity index (χ0) is 15.0. The van der Waals surface area contributed by atoms with Gasteiger partial charge in [-0.1, -0.05) is 6.07 Å². The van der Waals surface area contributed by atoms with Crippen LogP contribution in [0.15, 0.2) is 23.6 Å². The van der Waals surface area contributed by atoms with Crippen molar-refractivity contribution in [2.75, 3.05) is 0 Å². The zero-order valence-electron chi connectivity index (χ0n) is 11.8. The summed E-state index contributed by atoms with van der Waals surface area (Å²) in [5.74, 6) is 0. The average molecular weight is 295 g/mol. The number of thiophene rings is 1. The number of carbonyl (C=O) groups excluding carboxylic acids is 1. The molecule has 3 heterocycles. The van der Waals surface area contributed by atoms with Gasteiger partial charge < -0.3 is 4.57 Å². The molecular weight excluding hydrogens is 282 g/mol. The number of carbonyl (C=O) groups is 1. The molecule has 3 aromatic heterocycles. The molecule has 3 aromatic rings. The molecule has 0 bridgehead atoms. The highest BCUT2D eigenvalue weighted by Crippen LogP contribution is 2.28. The number of aryl methyl sites for hydroxylation is 2. The van der Waals surface area contributed by atoms with E-state index in [0.29, 0.717) is 23.4 Å². The number of aldehydes is 1. The molecule has 0 unspecified atom stereocenters. The summed E-state index contributed by atoms with van der Waals surface area (Å²) in [6, 6.07) is 8.09. The maximum absolute atomic E-state index is 11.5. The van der Waals surface area contributed by atoms with Gasteiger partial charge in [0, 0.05) is 16.0 Å². The van der Waals surface area contributed by atoms with Gasteiger partial charge in [0.2, 0.25) is 0 Å². The number of nitrogens with zero attached hydrogens (tertiary/aromatic N) is 3. The predicted molar refractivity (Wildman–Crippen MR) is 82.7 cm³/mol. The predicted octanol–water partition coefficient (Wildman–Crippen LogP) is 3.45. The number of fused-ring (bicyclic) bond motifs is 1. The number of pyridine rings is 1. The summed E-state index contributed by atoms with van der Waals surface area (Å²) in [6.07, 6.45) is 0.753. The monoisotopic (exact) mass is 295 g/mol. The third-order valence-electron chi connectivity index (χ3n) is 3.50. The fourth-order valence-corrected chi connectivity index (χ4v) is 3.35. The van der Waals surface area contributed by atoms with E-state index >= 15 is 0 Å². The molecular formula is C16H13N3OS. The van der Waals surface area contributed by atoms with Gasteiger partial charge in [0.05, 0.1) is 12.1 Å². The Morgan fingerprint density at radius 3 is 2.90 bits per heavy atom. The van der Waals surface area contributed by atoms with Crippen LogP contribution in [0, 0.1) is 25.2 Å². The van der Waals surface area contributed by atoms with Crippen LogP contribution in [0.25, 0.3) is 11.0 Å². The summed E-state index contributed by atoms with van der Waals surface area (Å²) < 4.78 is 1.84. The first-order valence-electron chi connectivity index (χ1n) is 6.53. The van der Waals surface area contributed by atoms with Gasteiger partial charge in [-0.05, 0) is 36.9 Å². The first kappa shape index (κ1) is 13.5. The Morgan fingerprint density at radius 1 is 1.48 bits per heavy atom. The Hall–Kier alpha value is -2.45. The van der Waals surface area contributed by atoms with Gasteiger partial charge >= 0.3 is 0 Å². The van der Waals surface area contributed by atoms with Gasteiger partial charge in [-0.3, -0.25) is 4.79 Å². The molecule has 5 heteroatoms. The second-order valence-electron chi connectivity index (χ2n) is 4.93. The molecule has 3 rings (SSSR count). The summed E-state index contributed by atoms with van der Waals surface area (Å²) >= 11 is 1.62. The van der Waals surface area contributed by atoms with Crippen LogP contribution in [0.1, 0.15) is 32.2 Å². The van der Waals surface area contributed by atoms with Crippen molar-refractivity contribution in [3.8, 4) is 6.07 Å². The summed E-state index contributed by atoms with van der Waals surface area (Å²) in [4.78, 5) is 17.2. The van der Waals surface area contributed by atoms with Crippen molar-refractivity contribution in [2.24, 2.45) is 0 Å². The summed E-state index contributed by atoms with van der Waals surface area (Å²) in [5, 5.41) is 12.2. The van der Waals surface area contributed by atoms with Crippen molar-refractivity contribution in [2.45, 2.75) is 20.4 Å². The molecule has 0 aliphatic heterocycles. The highest BCUT2D eigenvalue weighted by Gasteiger charge is 2.20. The minimum absolute atomic E-state index is 0.405. The molecule has 0 fully saturated rings. The molecule has 0 spiro atoms. The molecule has 0 aliphatic rings. The Balaban J connectivity index is 2.36. The molecule has 0 aromatic carbocycles. The lowest BCUT2D eigenvalue weighted by molar-refractivity contribution is 0.111. The van der Waals surface area contributed by atoms with Crippen molar-refractivity contribution in [1.82, 2.24) is 9.55 Å². The fraction of sp³-hybridized carbons (Fsp3) is 0.188. The third-order valence-corrected chi connectivity index (χ3v) is 4.36. The van der Waals surface area contributed by atoms with E-state index in [9.17, 15) is 10.1 Å². The quantitative estimate of drug-likeness (QED) is 0.695. The Morgan fingerprint density at radius 2 is 2.29 bits per heavy atom. The molecule has 0 amide bonds. The highest BCUT2D eigenvalue weighted by molar-refractivity contribution is 7.09. The summed E-state index contributed by atoms with van der Waals surface area (Å²) in [6.45, 7) is 4.42. The van der Waals surface area contributed by atoms with Crippen LogP contribution in [0.3, 0.4) is 0 Å². The largest absolute Gasteiger partial charge is 0.317 e. The van der Waals surface area contributed by atoms with Gasteiger partial charge in [0.1, 0.15) is 17.4 Å². The Bertz CT molecular complexity index is 869. The van der Waals surface area contributed by atoms with Gasteiger partial charge in [0.25, 0.3) is 0 Å². The number of aromatic nitrogens is 2. The van der Waals surface area contributed by atoms with Crippen LogP contribution in [0.5, 0.6) is 0 Å². The summed E-state index contributed by atoms with van der Waals surface area (Å²) in [5.41, 5.74) is 3.39. The number of rotatable bonds is 3. The third kappa shape index (κ3) is 2.14. The number of nitriles is 1. The van der Waals surface area contributed by atoms with E-state index in [1.165, 1.54) is 0 Å². The molecule has 104 valence electrons. The van der Waals surface area contributed by atoms with Crippen molar-refractivity contribution in [3.63, 3.8) is 0 Å². The van der Waals surface area contributed by atoms with Crippen molar-refractivity contribution < 1.29 is 4.79 Å². The second-order valence-corrected chi connectivity index (χ2v) is 5.97. The minimum Gasteiger partial charge on any atom is -0.317 e. The van der Waals surface area contributed by atoms with Crippen molar-refractivity contribution >= 4 is 28.7 Å². The van der Waals surface area contributed by atoms with Crippen LogP contribution < -0.4 is 0 Å². The van der Waals surface area contributed by atoms with Crippen molar-refractivity contribution in [3.05, 3.63) is 51.0 Å². The van der Waals surface area contributed by atoms with Gasteiger partial charge in [-0.25, -0.2) is 4.98 Å². The van der Waals surface area contributed by atoms with Crippen LogP contribution in [-0.4, -0.2) is 15.8 Å². The molecule has 0 radical (unpaired) electrons. The van der Waals surface area contributed by atoms with E-state index in [-0.39, 0.29) is 0 Å². The zero-order valence-corrected chi connectivity index (χ0v) is 12.6. The van der Waals surface area contributed by atoms with E-state index in [4.69, 9.17) is 0 Å². The number of hydrogen-bond donors (Lipinski definition) is 0. The Labute approximate surface area is 126 Å². The SMILES string of the molecule is Cc1cc(C)c2c(C#N)c(C=O)n(Cc3cccs3)c2n1. The van der Waals surface area contributed by atoms with Crippen LogP contribution in [0.4, 0.5) is 0 Å². The smallest absolute Gasteiger partial charge is 0.167 e. The lowest BCUT2D eigenvalue weighted by atomic mass is 10.1. The van der Waals surface area contributed by atoms with Gasteiger partial charge in [-0.2, -0.15) is 5.26 Å². The average Bonchev–Trinajstić information content (AvgIpc) is 3.05. The highest BCUT2D eigenvalue weighted by atomic mass is 32.1. The molecule has 0 aliphatic carbocycles. The molecule has 0 N–H and O–H groups in total. The van der Waals surface area contributed by atoms with Crippen LogP contribution in [-0.2, 0) is 6.54 Å². The van der Waals surface area contributed by atoms with Gasteiger partial charge in [-0.15, -0.1) is 11.3 Å². The topological polar surface area (TPSA) is 58.7 Å². The maximum atomic E-state index is 11.5. The Kier molecular flexibility index (Phi) is 3.32. The standard InChI is InChI=1S/C16H13N3OS/c1-10-6-11(2)18-16-15(10)13(7-17)14(9-20)19(16)8-12-4-3-5-21-12/h3-6,9H,8H2,1-2H3. The van der Waals surface area contributed by atoms with Gasteiger partial charge in [0.15, 0.2) is 6.29 Å². The van der Waals surface area contributed by atoms with E-state index < -0.39 is 0 Å². The normalized spacial score (nSPS) is 10.7. The second kappa shape index (κ2) is 5.15.